The van der Waals surface area contributed by atoms with Gasteiger partial charge in [-0.25, -0.2) is 0 Å². The first-order valence-corrected chi connectivity index (χ1v) is 7.21. The number of hydrogen-bond donors (Lipinski definition) is 1. The second-order valence-corrected chi connectivity index (χ2v) is 5.31. The van der Waals surface area contributed by atoms with E-state index in [-0.39, 0.29) is 5.91 Å². The van der Waals surface area contributed by atoms with Crippen molar-refractivity contribution < 1.29 is 4.79 Å². The summed E-state index contributed by atoms with van der Waals surface area (Å²) in [6.45, 7) is 2.63. The zero-order valence-corrected chi connectivity index (χ0v) is 12.8. The van der Waals surface area contributed by atoms with Crippen LogP contribution < -0.4 is 5.73 Å². The van der Waals surface area contributed by atoms with E-state index in [1.54, 1.807) is 18.9 Å². The summed E-state index contributed by atoms with van der Waals surface area (Å²) >= 11 is 1.12. The molecule has 2 N–H and O–H groups in total. The van der Waals surface area contributed by atoms with Crippen LogP contribution in [0.1, 0.15) is 26.5 Å². The monoisotopic (exact) mass is 300 g/mol. The number of rotatable bonds is 3. The van der Waals surface area contributed by atoms with E-state index < -0.39 is 0 Å². The summed E-state index contributed by atoms with van der Waals surface area (Å²) in [5, 5.41) is 3.87. The molecule has 0 aliphatic carbocycles. The van der Waals surface area contributed by atoms with Crippen molar-refractivity contribution in [2.24, 2.45) is 5.73 Å². The SMILES string of the molecule is Cc1nnsc1C(=O)N(C)Cc1cccc(C#CCN)c1. The summed E-state index contributed by atoms with van der Waals surface area (Å²) < 4.78 is 3.79. The zero-order chi connectivity index (χ0) is 15.2. The maximum atomic E-state index is 12.3. The Kier molecular flexibility index (Phi) is 5.04. The van der Waals surface area contributed by atoms with E-state index in [0.29, 0.717) is 23.7 Å². The smallest absolute Gasteiger partial charge is 0.267 e. The number of carbonyl (C=O) groups is 1. The molecule has 1 amide bonds. The molecule has 5 nitrogen and oxygen atoms in total. The van der Waals surface area contributed by atoms with Gasteiger partial charge in [-0.2, -0.15) is 0 Å². The highest BCUT2D eigenvalue weighted by Gasteiger charge is 2.17. The third-order valence-corrected chi connectivity index (χ3v) is 3.69. The number of nitrogens with zero attached hydrogens (tertiary/aromatic N) is 3. The molecule has 0 aliphatic heterocycles. The number of aryl methyl sites for hydroxylation is 1. The average molecular weight is 300 g/mol. The predicted octanol–water partition coefficient (Wildman–Crippen LogP) is 1.43. The number of amides is 1. The van der Waals surface area contributed by atoms with E-state index >= 15 is 0 Å². The van der Waals surface area contributed by atoms with Crippen LogP contribution in [0.25, 0.3) is 0 Å². The molecular weight excluding hydrogens is 284 g/mol. The first kappa shape index (κ1) is 15.2. The normalized spacial score (nSPS) is 9.86. The highest BCUT2D eigenvalue weighted by molar-refractivity contribution is 7.07. The van der Waals surface area contributed by atoms with Gasteiger partial charge in [0.25, 0.3) is 5.91 Å². The van der Waals surface area contributed by atoms with Crippen molar-refractivity contribution in [1.82, 2.24) is 14.5 Å². The van der Waals surface area contributed by atoms with E-state index in [1.807, 2.05) is 24.3 Å². The van der Waals surface area contributed by atoms with Crippen LogP contribution in [-0.4, -0.2) is 34.0 Å². The molecule has 0 saturated carbocycles. The lowest BCUT2D eigenvalue weighted by atomic mass is 10.1. The summed E-state index contributed by atoms with van der Waals surface area (Å²) in [6.07, 6.45) is 0. The summed E-state index contributed by atoms with van der Waals surface area (Å²) in [5.41, 5.74) is 7.95. The van der Waals surface area contributed by atoms with Crippen LogP contribution in [0.5, 0.6) is 0 Å². The van der Waals surface area contributed by atoms with Gasteiger partial charge in [0.1, 0.15) is 4.88 Å². The van der Waals surface area contributed by atoms with Gasteiger partial charge in [-0.15, -0.1) is 5.10 Å². The molecular formula is C15H16N4OS. The fourth-order valence-corrected chi connectivity index (χ4v) is 2.50. The maximum absolute atomic E-state index is 12.3. The molecule has 2 aromatic rings. The summed E-state index contributed by atoms with van der Waals surface area (Å²) in [4.78, 5) is 14.5. The largest absolute Gasteiger partial charge is 0.337 e. The van der Waals surface area contributed by atoms with Crippen molar-refractivity contribution in [2.45, 2.75) is 13.5 Å². The lowest BCUT2D eigenvalue weighted by Crippen LogP contribution is -2.26. The number of aromatic nitrogens is 2. The Morgan fingerprint density at radius 3 is 2.95 bits per heavy atom. The highest BCUT2D eigenvalue weighted by atomic mass is 32.1. The second kappa shape index (κ2) is 6.97. The van der Waals surface area contributed by atoms with E-state index in [1.165, 1.54) is 0 Å². The molecule has 21 heavy (non-hydrogen) atoms. The molecule has 0 fully saturated rings. The zero-order valence-electron chi connectivity index (χ0n) is 12.0. The fraction of sp³-hybridized carbons (Fsp3) is 0.267. The first-order chi connectivity index (χ1) is 10.1. The summed E-state index contributed by atoms with van der Waals surface area (Å²) in [6, 6.07) is 7.78. The molecule has 1 heterocycles. The van der Waals surface area contributed by atoms with Crippen LogP contribution in [0.15, 0.2) is 24.3 Å². The van der Waals surface area contributed by atoms with Crippen molar-refractivity contribution in [3.63, 3.8) is 0 Å². The van der Waals surface area contributed by atoms with Gasteiger partial charge in [-0.05, 0) is 36.2 Å². The minimum absolute atomic E-state index is 0.0686. The Balaban J connectivity index is 2.11. The fourth-order valence-electron chi connectivity index (χ4n) is 1.85. The summed E-state index contributed by atoms with van der Waals surface area (Å²) in [7, 11) is 1.76. The van der Waals surface area contributed by atoms with Crippen molar-refractivity contribution in [1.29, 1.82) is 0 Å². The minimum Gasteiger partial charge on any atom is -0.337 e. The molecule has 1 aromatic carbocycles. The maximum Gasteiger partial charge on any atom is 0.267 e. The Morgan fingerprint density at radius 1 is 1.48 bits per heavy atom. The van der Waals surface area contributed by atoms with Gasteiger partial charge in [0, 0.05) is 19.2 Å². The Hall–Kier alpha value is -2.23. The molecule has 0 bridgehead atoms. The molecule has 0 aliphatic rings. The van der Waals surface area contributed by atoms with E-state index in [0.717, 1.165) is 22.7 Å². The Morgan fingerprint density at radius 2 is 2.29 bits per heavy atom. The number of carbonyl (C=O) groups excluding carboxylic acids is 1. The van der Waals surface area contributed by atoms with Gasteiger partial charge in [-0.3, -0.25) is 4.79 Å². The average Bonchev–Trinajstić information content (AvgIpc) is 2.90. The van der Waals surface area contributed by atoms with Crippen LogP contribution in [0, 0.1) is 18.8 Å². The number of nitrogens with two attached hydrogens (primary N) is 1. The lowest BCUT2D eigenvalue weighted by Gasteiger charge is -2.16. The number of benzene rings is 1. The molecule has 108 valence electrons. The molecule has 0 spiro atoms. The van der Waals surface area contributed by atoms with Crippen LogP contribution in [0.4, 0.5) is 0 Å². The molecule has 0 atom stereocenters. The summed E-state index contributed by atoms with van der Waals surface area (Å²) in [5.74, 6) is 5.74. The molecule has 6 heteroatoms. The number of hydrogen-bond acceptors (Lipinski definition) is 5. The molecule has 0 unspecified atom stereocenters. The Bertz CT molecular complexity index is 699. The topological polar surface area (TPSA) is 72.1 Å². The third kappa shape index (κ3) is 3.88. The Labute approximate surface area is 127 Å². The quantitative estimate of drug-likeness (QED) is 0.870. The lowest BCUT2D eigenvalue weighted by molar-refractivity contribution is 0.0789. The van der Waals surface area contributed by atoms with Crippen LogP contribution in [-0.2, 0) is 6.54 Å². The standard InChI is InChI=1S/C15H16N4OS/c1-11-14(21-18-17-11)15(20)19(2)10-13-6-3-5-12(9-13)7-4-8-16/h3,5-6,9H,8,10,16H2,1-2H3. The van der Waals surface area contributed by atoms with Gasteiger partial charge in [0.15, 0.2) is 0 Å². The van der Waals surface area contributed by atoms with Gasteiger partial charge >= 0.3 is 0 Å². The van der Waals surface area contributed by atoms with Crippen molar-refractivity contribution in [3.8, 4) is 11.8 Å². The van der Waals surface area contributed by atoms with Gasteiger partial charge in [0.05, 0.1) is 12.2 Å². The van der Waals surface area contributed by atoms with Crippen molar-refractivity contribution >= 4 is 17.4 Å². The van der Waals surface area contributed by atoms with Crippen LogP contribution in [0.3, 0.4) is 0 Å². The van der Waals surface area contributed by atoms with Gasteiger partial charge in [-0.1, -0.05) is 28.5 Å². The molecule has 1 aromatic heterocycles. The van der Waals surface area contributed by atoms with Crippen LogP contribution >= 0.6 is 11.5 Å². The van der Waals surface area contributed by atoms with E-state index in [4.69, 9.17) is 5.73 Å². The minimum atomic E-state index is -0.0686. The highest BCUT2D eigenvalue weighted by Crippen LogP contribution is 2.14. The molecule has 0 radical (unpaired) electrons. The second-order valence-electron chi connectivity index (χ2n) is 4.55. The first-order valence-electron chi connectivity index (χ1n) is 6.44. The van der Waals surface area contributed by atoms with E-state index in [2.05, 4.69) is 21.4 Å². The van der Waals surface area contributed by atoms with Crippen molar-refractivity contribution in [2.75, 3.05) is 13.6 Å². The van der Waals surface area contributed by atoms with Crippen LogP contribution in [0.2, 0.25) is 0 Å². The molecule has 0 saturated heterocycles. The molecule has 2 rings (SSSR count). The van der Waals surface area contributed by atoms with Gasteiger partial charge in [0.2, 0.25) is 0 Å². The van der Waals surface area contributed by atoms with Crippen molar-refractivity contribution in [3.05, 3.63) is 46.0 Å². The van der Waals surface area contributed by atoms with E-state index in [9.17, 15) is 4.79 Å². The predicted molar refractivity (Wildman–Crippen MR) is 82.8 cm³/mol. The van der Waals surface area contributed by atoms with Gasteiger partial charge < -0.3 is 10.6 Å². The third-order valence-electron chi connectivity index (χ3n) is 2.87.